The zero-order valence-electron chi connectivity index (χ0n) is 14.3. The van der Waals surface area contributed by atoms with Crippen LogP contribution >= 0.6 is 0 Å². The van der Waals surface area contributed by atoms with Gasteiger partial charge in [0, 0.05) is 17.8 Å². The second-order valence-electron chi connectivity index (χ2n) is 5.68. The number of carbonyl (C=O) groups is 4. The summed E-state index contributed by atoms with van der Waals surface area (Å²) in [6.07, 6.45) is 2.30. The molecule has 0 radical (unpaired) electrons. The number of aromatic nitrogens is 1. The van der Waals surface area contributed by atoms with E-state index in [2.05, 4.69) is 10.3 Å². The minimum atomic E-state index is -0.753. The summed E-state index contributed by atoms with van der Waals surface area (Å²) < 4.78 is 4.98. The van der Waals surface area contributed by atoms with E-state index in [1.165, 1.54) is 24.3 Å². The van der Waals surface area contributed by atoms with E-state index in [-0.39, 0.29) is 11.3 Å². The summed E-state index contributed by atoms with van der Waals surface area (Å²) >= 11 is 0. The summed E-state index contributed by atoms with van der Waals surface area (Å²) in [7, 11) is 0. The SMILES string of the molecule is Cc1cccc(NC(=O)COC(=O)c2cccc(N3C(=O)C=CC3=O)c2)n1. The van der Waals surface area contributed by atoms with Crippen molar-refractivity contribution in [2.75, 3.05) is 16.8 Å². The monoisotopic (exact) mass is 365 g/mol. The summed E-state index contributed by atoms with van der Waals surface area (Å²) in [4.78, 5) is 52.6. The van der Waals surface area contributed by atoms with E-state index in [9.17, 15) is 19.2 Å². The van der Waals surface area contributed by atoms with Crippen LogP contribution in [0.2, 0.25) is 0 Å². The molecular formula is C19H15N3O5. The zero-order chi connectivity index (χ0) is 19.4. The van der Waals surface area contributed by atoms with Crippen molar-refractivity contribution in [1.82, 2.24) is 4.98 Å². The molecule has 0 saturated carbocycles. The number of nitrogens with zero attached hydrogens (tertiary/aromatic N) is 2. The average molecular weight is 365 g/mol. The van der Waals surface area contributed by atoms with Gasteiger partial charge in [0.1, 0.15) is 5.82 Å². The lowest BCUT2D eigenvalue weighted by Crippen LogP contribution is -2.29. The van der Waals surface area contributed by atoms with Gasteiger partial charge in [-0.05, 0) is 37.3 Å². The molecule has 0 unspecified atom stereocenters. The lowest BCUT2D eigenvalue weighted by Gasteiger charge is -2.14. The fourth-order valence-corrected chi connectivity index (χ4v) is 2.43. The summed E-state index contributed by atoms with van der Waals surface area (Å²) in [5.74, 6) is -1.91. The van der Waals surface area contributed by atoms with Crippen LogP contribution in [-0.2, 0) is 19.1 Å². The van der Waals surface area contributed by atoms with E-state index < -0.39 is 30.3 Å². The highest BCUT2D eigenvalue weighted by molar-refractivity contribution is 6.28. The normalized spacial score (nSPS) is 13.0. The van der Waals surface area contributed by atoms with Crippen molar-refractivity contribution in [3.05, 3.63) is 65.9 Å². The number of imide groups is 1. The Labute approximate surface area is 154 Å². The Balaban J connectivity index is 1.61. The molecule has 0 aliphatic carbocycles. The van der Waals surface area contributed by atoms with Gasteiger partial charge in [-0.15, -0.1) is 0 Å². The first-order chi connectivity index (χ1) is 12.9. The van der Waals surface area contributed by atoms with Crippen LogP contribution in [0.3, 0.4) is 0 Å². The van der Waals surface area contributed by atoms with E-state index in [0.29, 0.717) is 5.82 Å². The molecule has 1 aliphatic rings. The number of esters is 1. The first-order valence-corrected chi connectivity index (χ1v) is 8.01. The first kappa shape index (κ1) is 18.0. The van der Waals surface area contributed by atoms with Crippen LogP contribution in [0.25, 0.3) is 0 Å². The van der Waals surface area contributed by atoms with Crippen molar-refractivity contribution in [2.45, 2.75) is 6.92 Å². The number of ether oxygens (including phenoxy) is 1. The number of amides is 3. The van der Waals surface area contributed by atoms with Crippen LogP contribution in [-0.4, -0.2) is 35.3 Å². The molecule has 0 bridgehead atoms. The van der Waals surface area contributed by atoms with Crippen LogP contribution in [0, 0.1) is 6.92 Å². The van der Waals surface area contributed by atoms with Crippen molar-refractivity contribution < 1.29 is 23.9 Å². The van der Waals surface area contributed by atoms with Crippen LogP contribution in [0.4, 0.5) is 11.5 Å². The predicted octanol–water partition coefficient (Wildman–Crippen LogP) is 1.61. The minimum Gasteiger partial charge on any atom is -0.452 e. The van der Waals surface area contributed by atoms with Crippen molar-refractivity contribution >= 4 is 35.2 Å². The fraction of sp³-hybridized carbons (Fsp3) is 0.105. The smallest absolute Gasteiger partial charge is 0.338 e. The Morgan fingerprint density at radius 2 is 1.78 bits per heavy atom. The summed E-state index contributed by atoms with van der Waals surface area (Å²) in [5.41, 5.74) is 1.10. The molecule has 8 nitrogen and oxygen atoms in total. The summed E-state index contributed by atoms with van der Waals surface area (Å²) in [6, 6.07) is 11.0. The molecule has 0 fully saturated rings. The number of nitrogens with one attached hydrogen (secondary N) is 1. The topological polar surface area (TPSA) is 106 Å². The molecule has 2 heterocycles. The van der Waals surface area contributed by atoms with Gasteiger partial charge in [0.15, 0.2) is 6.61 Å². The second kappa shape index (κ2) is 7.61. The molecule has 0 atom stereocenters. The number of hydrogen-bond acceptors (Lipinski definition) is 6. The molecule has 0 saturated heterocycles. The van der Waals surface area contributed by atoms with Gasteiger partial charge < -0.3 is 10.1 Å². The average Bonchev–Trinajstić information content (AvgIpc) is 2.98. The number of aryl methyl sites for hydroxylation is 1. The lowest BCUT2D eigenvalue weighted by atomic mass is 10.2. The molecule has 27 heavy (non-hydrogen) atoms. The number of pyridine rings is 1. The third kappa shape index (κ3) is 4.24. The maximum absolute atomic E-state index is 12.2. The van der Waals surface area contributed by atoms with E-state index >= 15 is 0 Å². The van der Waals surface area contributed by atoms with Crippen LogP contribution in [0.15, 0.2) is 54.6 Å². The van der Waals surface area contributed by atoms with Crippen LogP contribution in [0.1, 0.15) is 16.1 Å². The zero-order valence-corrected chi connectivity index (χ0v) is 14.3. The molecule has 3 rings (SSSR count). The maximum atomic E-state index is 12.2. The van der Waals surface area contributed by atoms with Crippen molar-refractivity contribution in [1.29, 1.82) is 0 Å². The lowest BCUT2D eigenvalue weighted by molar-refractivity contribution is -0.120. The van der Waals surface area contributed by atoms with E-state index in [1.54, 1.807) is 25.1 Å². The Morgan fingerprint density at radius 3 is 2.48 bits per heavy atom. The Kier molecular flexibility index (Phi) is 5.07. The standard InChI is InChI=1S/C19H15N3O5/c1-12-4-2-7-15(20-12)21-16(23)11-27-19(26)13-5-3-6-14(10-13)22-17(24)8-9-18(22)25/h2-10H,11H2,1H3,(H,20,21,23). The predicted molar refractivity (Wildman–Crippen MR) is 96.0 cm³/mol. The number of rotatable bonds is 5. The number of hydrogen-bond donors (Lipinski definition) is 1. The van der Waals surface area contributed by atoms with Gasteiger partial charge in [0.2, 0.25) is 0 Å². The van der Waals surface area contributed by atoms with Gasteiger partial charge in [-0.2, -0.15) is 0 Å². The van der Waals surface area contributed by atoms with Gasteiger partial charge in [-0.25, -0.2) is 14.7 Å². The number of anilines is 2. The van der Waals surface area contributed by atoms with Gasteiger partial charge >= 0.3 is 5.97 Å². The molecule has 3 amide bonds. The Morgan fingerprint density at radius 1 is 1.07 bits per heavy atom. The summed E-state index contributed by atoms with van der Waals surface area (Å²) in [5, 5.41) is 2.52. The fourth-order valence-electron chi connectivity index (χ4n) is 2.43. The van der Waals surface area contributed by atoms with E-state index in [0.717, 1.165) is 22.7 Å². The quantitative estimate of drug-likeness (QED) is 0.637. The minimum absolute atomic E-state index is 0.112. The molecule has 1 N–H and O–H groups in total. The van der Waals surface area contributed by atoms with Gasteiger partial charge in [0.25, 0.3) is 17.7 Å². The third-order valence-electron chi connectivity index (χ3n) is 3.64. The molecule has 8 heteroatoms. The highest BCUT2D eigenvalue weighted by atomic mass is 16.5. The molecule has 1 aliphatic heterocycles. The third-order valence-corrected chi connectivity index (χ3v) is 3.64. The highest BCUT2D eigenvalue weighted by Gasteiger charge is 2.25. The van der Waals surface area contributed by atoms with Crippen LogP contribution < -0.4 is 10.2 Å². The maximum Gasteiger partial charge on any atom is 0.338 e. The molecular weight excluding hydrogens is 350 g/mol. The van der Waals surface area contributed by atoms with Gasteiger partial charge in [-0.1, -0.05) is 12.1 Å². The number of benzene rings is 1. The molecule has 1 aromatic heterocycles. The number of carbonyl (C=O) groups excluding carboxylic acids is 4. The Hall–Kier alpha value is -3.81. The summed E-state index contributed by atoms with van der Waals surface area (Å²) in [6.45, 7) is 1.29. The largest absolute Gasteiger partial charge is 0.452 e. The Bertz CT molecular complexity index is 949. The van der Waals surface area contributed by atoms with Crippen molar-refractivity contribution in [3.63, 3.8) is 0 Å². The van der Waals surface area contributed by atoms with Gasteiger partial charge in [0.05, 0.1) is 11.3 Å². The van der Waals surface area contributed by atoms with E-state index in [1.807, 2.05) is 0 Å². The van der Waals surface area contributed by atoms with Crippen molar-refractivity contribution in [3.8, 4) is 0 Å². The highest BCUT2D eigenvalue weighted by Crippen LogP contribution is 2.20. The first-order valence-electron chi connectivity index (χ1n) is 8.01. The van der Waals surface area contributed by atoms with Gasteiger partial charge in [-0.3, -0.25) is 14.4 Å². The molecule has 0 spiro atoms. The molecule has 136 valence electrons. The van der Waals surface area contributed by atoms with E-state index in [4.69, 9.17) is 4.74 Å². The van der Waals surface area contributed by atoms with Crippen LogP contribution in [0.5, 0.6) is 0 Å². The molecule has 1 aromatic carbocycles. The van der Waals surface area contributed by atoms with Crippen molar-refractivity contribution in [2.24, 2.45) is 0 Å². The molecule has 2 aromatic rings. The second-order valence-corrected chi connectivity index (χ2v) is 5.68.